The second-order valence-corrected chi connectivity index (χ2v) is 4.46. The number of phenols is 1. The van der Waals surface area contributed by atoms with Gasteiger partial charge in [-0.05, 0) is 36.4 Å². The molecule has 0 radical (unpaired) electrons. The van der Waals surface area contributed by atoms with Gasteiger partial charge in [0.2, 0.25) is 0 Å². The number of nitrogens with zero attached hydrogens (tertiary/aromatic N) is 1. The molecule has 2 aromatic carbocycles. The van der Waals surface area contributed by atoms with Crippen molar-refractivity contribution < 1.29 is 14.2 Å². The molecular weight excluding hydrogens is 275 g/mol. The predicted molar refractivity (Wildman–Crippen MR) is 76.0 cm³/mol. The van der Waals surface area contributed by atoms with E-state index in [0.29, 0.717) is 16.9 Å². The van der Waals surface area contributed by atoms with Crippen molar-refractivity contribution in [3.05, 3.63) is 52.6 Å². The molecule has 1 heterocycles. The summed E-state index contributed by atoms with van der Waals surface area (Å²) in [6.45, 7) is 0. The molecular formula is C15H11FN2O3. The summed E-state index contributed by atoms with van der Waals surface area (Å²) in [5, 5.41) is 9.76. The molecule has 0 amide bonds. The molecule has 0 aliphatic carbocycles. The highest BCUT2D eigenvalue weighted by Crippen LogP contribution is 2.30. The average Bonchev–Trinajstić information content (AvgIpc) is 2.48. The van der Waals surface area contributed by atoms with E-state index in [1.54, 1.807) is 12.1 Å². The largest absolute Gasteiger partial charge is 0.504 e. The maximum atomic E-state index is 13.2. The minimum Gasteiger partial charge on any atom is -0.504 e. The van der Waals surface area contributed by atoms with E-state index in [4.69, 9.17) is 4.74 Å². The van der Waals surface area contributed by atoms with Crippen LogP contribution in [0.5, 0.6) is 11.5 Å². The number of fused-ring (bicyclic) bond motifs is 1. The highest BCUT2D eigenvalue weighted by molar-refractivity contribution is 5.79. The Morgan fingerprint density at radius 2 is 2.05 bits per heavy atom. The van der Waals surface area contributed by atoms with Gasteiger partial charge in [0.05, 0.1) is 18.0 Å². The van der Waals surface area contributed by atoms with Gasteiger partial charge in [0.25, 0.3) is 5.56 Å². The Labute approximate surface area is 118 Å². The number of aromatic nitrogens is 2. The van der Waals surface area contributed by atoms with Gasteiger partial charge in [-0.3, -0.25) is 4.79 Å². The van der Waals surface area contributed by atoms with Gasteiger partial charge in [-0.1, -0.05) is 0 Å². The van der Waals surface area contributed by atoms with Gasteiger partial charge in [-0.25, -0.2) is 9.37 Å². The van der Waals surface area contributed by atoms with Crippen LogP contribution in [0.15, 0.2) is 41.2 Å². The third kappa shape index (κ3) is 2.31. The van der Waals surface area contributed by atoms with E-state index in [-0.39, 0.29) is 16.9 Å². The first kappa shape index (κ1) is 13.1. The fraction of sp³-hybridized carbons (Fsp3) is 0.0667. The molecule has 2 N–H and O–H groups in total. The van der Waals surface area contributed by atoms with Crippen LogP contribution in [0, 0.1) is 5.82 Å². The molecule has 3 rings (SSSR count). The Morgan fingerprint density at radius 1 is 1.24 bits per heavy atom. The van der Waals surface area contributed by atoms with Gasteiger partial charge in [0, 0.05) is 5.56 Å². The van der Waals surface area contributed by atoms with E-state index in [9.17, 15) is 14.3 Å². The molecule has 0 fully saturated rings. The Bertz CT molecular complexity index is 890. The third-order valence-electron chi connectivity index (χ3n) is 3.12. The Kier molecular flexibility index (Phi) is 3.06. The van der Waals surface area contributed by atoms with Crippen molar-refractivity contribution in [1.82, 2.24) is 9.97 Å². The molecule has 1 aromatic heterocycles. The molecule has 0 saturated heterocycles. The van der Waals surface area contributed by atoms with Crippen LogP contribution in [0.1, 0.15) is 0 Å². The lowest BCUT2D eigenvalue weighted by Crippen LogP contribution is -2.09. The maximum Gasteiger partial charge on any atom is 0.259 e. The van der Waals surface area contributed by atoms with Crippen LogP contribution in [0.4, 0.5) is 4.39 Å². The lowest BCUT2D eigenvalue weighted by molar-refractivity contribution is 0.373. The van der Waals surface area contributed by atoms with E-state index in [1.165, 1.54) is 25.3 Å². The van der Waals surface area contributed by atoms with E-state index in [0.717, 1.165) is 6.07 Å². The molecule has 0 saturated carbocycles. The highest BCUT2D eigenvalue weighted by Gasteiger charge is 2.09. The van der Waals surface area contributed by atoms with Crippen LogP contribution in [-0.2, 0) is 0 Å². The predicted octanol–water partition coefficient (Wildman–Crippen LogP) is 2.44. The summed E-state index contributed by atoms with van der Waals surface area (Å²) in [6.07, 6.45) is 0. The van der Waals surface area contributed by atoms with Crippen molar-refractivity contribution in [2.75, 3.05) is 7.11 Å². The standard InChI is InChI=1S/C15H11FN2O3/c1-21-13-6-8(2-5-12(13)19)14-17-11-4-3-9(16)7-10(11)15(20)18-14/h2-7,19H,1H3,(H,17,18,20). The topological polar surface area (TPSA) is 75.2 Å². The Hall–Kier alpha value is -2.89. The zero-order valence-electron chi connectivity index (χ0n) is 11.1. The number of hydrogen-bond acceptors (Lipinski definition) is 4. The molecule has 5 nitrogen and oxygen atoms in total. The van der Waals surface area contributed by atoms with E-state index in [2.05, 4.69) is 9.97 Å². The molecule has 6 heteroatoms. The quantitative estimate of drug-likeness (QED) is 0.758. The number of aromatic amines is 1. The summed E-state index contributed by atoms with van der Waals surface area (Å²) in [5.41, 5.74) is 0.539. The number of ether oxygens (including phenoxy) is 1. The molecule has 0 unspecified atom stereocenters. The highest BCUT2D eigenvalue weighted by atomic mass is 19.1. The third-order valence-corrected chi connectivity index (χ3v) is 3.12. The Balaban J connectivity index is 2.21. The van der Waals surface area contributed by atoms with Crippen LogP contribution >= 0.6 is 0 Å². The second kappa shape index (κ2) is 4.90. The molecule has 0 spiro atoms. The number of H-pyrrole nitrogens is 1. The van der Waals surface area contributed by atoms with E-state index >= 15 is 0 Å². The van der Waals surface area contributed by atoms with E-state index in [1.807, 2.05) is 0 Å². The number of phenolic OH excluding ortho intramolecular Hbond substituents is 1. The summed E-state index contributed by atoms with van der Waals surface area (Å²) in [6, 6.07) is 8.44. The molecule has 0 aliphatic rings. The SMILES string of the molecule is COc1cc(-c2nc3ccc(F)cc3c(=O)[nH]2)ccc1O. The number of hydrogen-bond donors (Lipinski definition) is 2. The van der Waals surface area contributed by atoms with Gasteiger partial charge in [-0.15, -0.1) is 0 Å². The van der Waals surface area contributed by atoms with Gasteiger partial charge < -0.3 is 14.8 Å². The van der Waals surface area contributed by atoms with Crippen LogP contribution in [0.2, 0.25) is 0 Å². The van der Waals surface area contributed by atoms with Crippen LogP contribution < -0.4 is 10.3 Å². The summed E-state index contributed by atoms with van der Waals surface area (Å²) in [7, 11) is 1.43. The lowest BCUT2D eigenvalue weighted by atomic mass is 10.1. The van der Waals surface area contributed by atoms with Gasteiger partial charge in [0.1, 0.15) is 11.6 Å². The van der Waals surface area contributed by atoms with Gasteiger partial charge in [0.15, 0.2) is 11.5 Å². The number of halogens is 1. The molecule has 106 valence electrons. The fourth-order valence-corrected chi connectivity index (χ4v) is 2.07. The number of nitrogens with one attached hydrogen (secondary N) is 1. The smallest absolute Gasteiger partial charge is 0.259 e. The summed E-state index contributed by atoms with van der Waals surface area (Å²) in [5.74, 6) is 0.0899. The first-order valence-corrected chi connectivity index (χ1v) is 6.15. The first-order valence-electron chi connectivity index (χ1n) is 6.15. The zero-order valence-corrected chi connectivity index (χ0v) is 11.1. The summed E-state index contributed by atoms with van der Waals surface area (Å²) >= 11 is 0. The minimum atomic E-state index is -0.492. The van der Waals surface area contributed by atoms with Crippen molar-refractivity contribution >= 4 is 10.9 Å². The van der Waals surface area contributed by atoms with Crippen molar-refractivity contribution in [3.8, 4) is 22.9 Å². The molecule has 21 heavy (non-hydrogen) atoms. The molecule has 0 aliphatic heterocycles. The number of methoxy groups -OCH3 is 1. The fourth-order valence-electron chi connectivity index (χ4n) is 2.07. The van der Waals surface area contributed by atoms with Gasteiger partial charge >= 0.3 is 0 Å². The Morgan fingerprint density at radius 3 is 2.81 bits per heavy atom. The lowest BCUT2D eigenvalue weighted by Gasteiger charge is -2.07. The number of benzene rings is 2. The van der Waals surface area contributed by atoms with Crippen molar-refractivity contribution in [2.24, 2.45) is 0 Å². The van der Waals surface area contributed by atoms with Crippen molar-refractivity contribution in [2.45, 2.75) is 0 Å². The average molecular weight is 286 g/mol. The number of rotatable bonds is 2. The summed E-state index contributed by atoms with van der Waals surface area (Å²) in [4.78, 5) is 18.9. The molecule has 0 bridgehead atoms. The van der Waals surface area contributed by atoms with Crippen molar-refractivity contribution in [1.29, 1.82) is 0 Å². The number of aromatic hydroxyl groups is 1. The monoisotopic (exact) mass is 286 g/mol. The zero-order chi connectivity index (χ0) is 15.0. The maximum absolute atomic E-state index is 13.2. The van der Waals surface area contributed by atoms with Crippen LogP contribution in [0.3, 0.4) is 0 Å². The van der Waals surface area contributed by atoms with Crippen LogP contribution in [0.25, 0.3) is 22.3 Å². The summed E-state index contributed by atoms with van der Waals surface area (Å²) < 4.78 is 18.2. The molecule has 3 aromatic rings. The van der Waals surface area contributed by atoms with Crippen molar-refractivity contribution in [3.63, 3.8) is 0 Å². The first-order chi connectivity index (χ1) is 10.1. The minimum absolute atomic E-state index is 0.00791. The van der Waals surface area contributed by atoms with Gasteiger partial charge in [-0.2, -0.15) is 0 Å². The van der Waals surface area contributed by atoms with E-state index < -0.39 is 11.4 Å². The normalized spacial score (nSPS) is 10.8. The van der Waals surface area contributed by atoms with Crippen LogP contribution in [-0.4, -0.2) is 22.2 Å². The second-order valence-electron chi connectivity index (χ2n) is 4.46. The molecule has 0 atom stereocenters.